The first-order valence-corrected chi connectivity index (χ1v) is 8.84. The molecule has 0 aliphatic carbocycles. The first kappa shape index (κ1) is 16.9. The highest BCUT2D eigenvalue weighted by atomic mass is 79.9. The van der Waals surface area contributed by atoms with E-state index in [4.69, 9.17) is 0 Å². The maximum atomic E-state index is 12.4. The third-order valence-electron chi connectivity index (χ3n) is 4.22. The molecule has 1 saturated heterocycles. The van der Waals surface area contributed by atoms with Crippen molar-refractivity contribution in [1.82, 2.24) is 14.8 Å². The third-order valence-corrected chi connectivity index (χ3v) is 4.71. The number of benzene rings is 1. The SMILES string of the molecule is Cc1cc(Br)ccc1NC(=O)N1CCN(Cc2cccnc2)CC1. The monoisotopic (exact) mass is 388 g/mol. The fourth-order valence-electron chi connectivity index (χ4n) is 2.82. The lowest BCUT2D eigenvalue weighted by Crippen LogP contribution is -2.49. The fourth-order valence-corrected chi connectivity index (χ4v) is 3.30. The minimum absolute atomic E-state index is 0.0264. The fraction of sp³-hybridized carbons (Fsp3) is 0.333. The summed E-state index contributed by atoms with van der Waals surface area (Å²) in [6, 6.07) is 9.88. The predicted octanol–water partition coefficient (Wildman–Crippen LogP) is 3.50. The van der Waals surface area contributed by atoms with E-state index >= 15 is 0 Å². The van der Waals surface area contributed by atoms with Crippen molar-refractivity contribution < 1.29 is 4.79 Å². The lowest BCUT2D eigenvalue weighted by atomic mass is 10.2. The number of hydrogen-bond acceptors (Lipinski definition) is 3. The van der Waals surface area contributed by atoms with Crippen LogP contribution in [-0.2, 0) is 6.54 Å². The lowest BCUT2D eigenvalue weighted by Gasteiger charge is -2.34. The Hall–Kier alpha value is -1.92. The number of carbonyl (C=O) groups excluding carboxylic acids is 1. The highest BCUT2D eigenvalue weighted by Gasteiger charge is 2.21. The molecular formula is C18H21BrN4O. The molecule has 0 atom stereocenters. The van der Waals surface area contributed by atoms with Crippen LogP contribution in [0.5, 0.6) is 0 Å². The van der Waals surface area contributed by atoms with Crippen molar-refractivity contribution in [3.05, 3.63) is 58.3 Å². The van der Waals surface area contributed by atoms with Crippen LogP contribution in [-0.4, -0.2) is 47.0 Å². The molecule has 5 nitrogen and oxygen atoms in total. The molecule has 0 spiro atoms. The molecule has 1 aliphatic rings. The molecule has 2 amide bonds. The lowest BCUT2D eigenvalue weighted by molar-refractivity contribution is 0.143. The highest BCUT2D eigenvalue weighted by Crippen LogP contribution is 2.20. The van der Waals surface area contributed by atoms with Gasteiger partial charge in [0.15, 0.2) is 0 Å². The molecule has 6 heteroatoms. The first-order valence-electron chi connectivity index (χ1n) is 8.05. The molecule has 126 valence electrons. The molecule has 2 heterocycles. The van der Waals surface area contributed by atoms with E-state index in [1.807, 2.05) is 42.3 Å². The molecule has 1 aromatic heterocycles. The Balaban J connectivity index is 1.51. The van der Waals surface area contributed by atoms with Gasteiger partial charge in [0.2, 0.25) is 0 Å². The average molecular weight is 389 g/mol. The smallest absolute Gasteiger partial charge is 0.321 e. The zero-order valence-electron chi connectivity index (χ0n) is 13.7. The molecule has 24 heavy (non-hydrogen) atoms. The van der Waals surface area contributed by atoms with Gasteiger partial charge in [0.05, 0.1) is 0 Å². The Labute approximate surface area is 150 Å². The van der Waals surface area contributed by atoms with E-state index in [0.29, 0.717) is 0 Å². The van der Waals surface area contributed by atoms with Gasteiger partial charge in [-0.25, -0.2) is 4.79 Å². The molecule has 0 saturated carbocycles. The number of urea groups is 1. The topological polar surface area (TPSA) is 48.5 Å². The van der Waals surface area contributed by atoms with E-state index in [1.165, 1.54) is 5.56 Å². The molecule has 3 rings (SSSR count). The van der Waals surface area contributed by atoms with Crippen molar-refractivity contribution in [3.8, 4) is 0 Å². The van der Waals surface area contributed by atoms with Crippen molar-refractivity contribution in [2.45, 2.75) is 13.5 Å². The molecule has 1 aliphatic heterocycles. The number of aromatic nitrogens is 1. The van der Waals surface area contributed by atoms with Gasteiger partial charge in [0.25, 0.3) is 0 Å². The summed E-state index contributed by atoms with van der Waals surface area (Å²) in [5.41, 5.74) is 3.12. The molecular weight excluding hydrogens is 368 g/mol. The Morgan fingerprint density at radius 2 is 2.04 bits per heavy atom. The zero-order chi connectivity index (χ0) is 16.9. The third kappa shape index (κ3) is 4.33. The summed E-state index contributed by atoms with van der Waals surface area (Å²) in [4.78, 5) is 20.8. The van der Waals surface area contributed by atoms with Crippen molar-refractivity contribution >= 4 is 27.6 Å². The van der Waals surface area contributed by atoms with Crippen LogP contribution < -0.4 is 5.32 Å². The molecule has 1 N–H and O–H groups in total. The maximum Gasteiger partial charge on any atom is 0.321 e. The van der Waals surface area contributed by atoms with Crippen molar-refractivity contribution in [2.75, 3.05) is 31.5 Å². The summed E-state index contributed by atoms with van der Waals surface area (Å²) in [5, 5.41) is 3.01. The Bertz CT molecular complexity index is 699. The van der Waals surface area contributed by atoms with Gasteiger partial charge in [0.1, 0.15) is 0 Å². The van der Waals surface area contributed by atoms with Crippen LogP contribution in [0, 0.1) is 6.92 Å². The second kappa shape index (κ2) is 7.77. The molecule has 2 aromatic rings. The first-order chi connectivity index (χ1) is 11.6. The summed E-state index contributed by atoms with van der Waals surface area (Å²) in [6.45, 7) is 6.11. The van der Waals surface area contributed by atoms with E-state index in [-0.39, 0.29) is 6.03 Å². The number of aryl methyl sites for hydroxylation is 1. The van der Waals surface area contributed by atoms with E-state index in [1.54, 1.807) is 6.20 Å². The number of nitrogens with zero attached hydrogens (tertiary/aromatic N) is 3. The van der Waals surface area contributed by atoms with Crippen molar-refractivity contribution in [2.24, 2.45) is 0 Å². The van der Waals surface area contributed by atoms with Gasteiger partial charge in [0, 0.05) is 55.3 Å². The van der Waals surface area contributed by atoms with Gasteiger partial charge in [-0.05, 0) is 42.3 Å². The molecule has 0 radical (unpaired) electrons. The van der Waals surface area contributed by atoms with Crippen LogP contribution in [0.3, 0.4) is 0 Å². The number of rotatable bonds is 3. The number of carbonyl (C=O) groups is 1. The number of piperazine rings is 1. The normalized spacial score (nSPS) is 15.3. The largest absolute Gasteiger partial charge is 0.322 e. The van der Waals surface area contributed by atoms with Gasteiger partial charge < -0.3 is 10.2 Å². The average Bonchev–Trinajstić information content (AvgIpc) is 2.59. The van der Waals surface area contributed by atoms with Crippen LogP contribution >= 0.6 is 15.9 Å². The Morgan fingerprint density at radius 3 is 2.71 bits per heavy atom. The van der Waals surface area contributed by atoms with Gasteiger partial charge in [-0.1, -0.05) is 22.0 Å². The van der Waals surface area contributed by atoms with Crippen LogP contribution in [0.15, 0.2) is 47.2 Å². The number of anilines is 1. The number of pyridine rings is 1. The quantitative estimate of drug-likeness (QED) is 0.874. The molecule has 1 fully saturated rings. The van der Waals surface area contributed by atoms with E-state index < -0.39 is 0 Å². The van der Waals surface area contributed by atoms with Gasteiger partial charge in [-0.2, -0.15) is 0 Å². The van der Waals surface area contributed by atoms with E-state index in [9.17, 15) is 4.79 Å². The number of halogens is 1. The summed E-state index contributed by atoms with van der Waals surface area (Å²) < 4.78 is 1.02. The van der Waals surface area contributed by atoms with Crippen LogP contribution in [0.1, 0.15) is 11.1 Å². The van der Waals surface area contributed by atoms with Gasteiger partial charge in [-0.15, -0.1) is 0 Å². The molecule has 1 aromatic carbocycles. The van der Waals surface area contributed by atoms with Gasteiger partial charge in [-0.3, -0.25) is 9.88 Å². The Kier molecular flexibility index (Phi) is 5.48. The zero-order valence-corrected chi connectivity index (χ0v) is 15.3. The summed E-state index contributed by atoms with van der Waals surface area (Å²) >= 11 is 3.44. The van der Waals surface area contributed by atoms with E-state index in [0.717, 1.165) is 48.4 Å². The van der Waals surface area contributed by atoms with Crippen molar-refractivity contribution in [3.63, 3.8) is 0 Å². The highest BCUT2D eigenvalue weighted by molar-refractivity contribution is 9.10. The standard InChI is InChI=1S/C18H21BrN4O/c1-14-11-16(19)4-5-17(14)21-18(24)23-9-7-22(8-10-23)13-15-3-2-6-20-12-15/h2-6,11-12H,7-10,13H2,1H3,(H,21,24). The van der Waals surface area contributed by atoms with Crippen LogP contribution in [0.25, 0.3) is 0 Å². The molecule has 0 bridgehead atoms. The maximum absolute atomic E-state index is 12.4. The second-order valence-corrected chi connectivity index (χ2v) is 6.93. The van der Waals surface area contributed by atoms with Crippen molar-refractivity contribution in [1.29, 1.82) is 0 Å². The second-order valence-electron chi connectivity index (χ2n) is 6.01. The minimum Gasteiger partial charge on any atom is -0.322 e. The van der Waals surface area contributed by atoms with E-state index in [2.05, 4.69) is 37.2 Å². The summed E-state index contributed by atoms with van der Waals surface area (Å²) in [5.74, 6) is 0. The van der Waals surface area contributed by atoms with Crippen LogP contribution in [0.2, 0.25) is 0 Å². The van der Waals surface area contributed by atoms with Gasteiger partial charge >= 0.3 is 6.03 Å². The number of amides is 2. The number of nitrogens with one attached hydrogen (secondary N) is 1. The minimum atomic E-state index is -0.0264. The summed E-state index contributed by atoms with van der Waals surface area (Å²) in [6.07, 6.45) is 3.69. The summed E-state index contributed by atoms with van der Waals surface area (Å²) in [7, 11) is 0. The molecule has 0 unspecified atom stereocenters. The number of hydrogen-bond donors (Lipinski definition) is 1. The Morgan fingerprint density at radius 1 is 1.25 bits per heavy atom. The predicted molar refractivity (Wildman–Crippen MR) is 99.0 cm³/mol. The van der Waals surface area contributed by atoms with Crippen LogP contribution in [0.4, 0.5) is 10.5 Å².